The molecule has 1 amide bonds. The van der Waals surface area contributed by atoms with Crippen molar-refractivity contribution in [3.63, 3.8) is 0 Å². The molecule has 4 nitrogen and oxygen atoms in total. The molecule has 2 N–H and O–H groups in total. The number of amides is 1. The molecule has 19 heavy (non-hydrogen) atoms. The molecule has 0 spiro atoms. The number of carbonyl (C=O) groups excluding carboxylic acids is 1. The highest BCUT2D eigenvalue weighted by Crippen LogP contribution is 2.22. The molecule has 1 aromatic carbocycles. The van der Waals surface area contributed by atoms with Crippen molar-refractivity contribution < 1.29 is 9.53 Å². The third-order valence-electron chi connectivity index (χ3n) is 3.44. The number of benzene rings is 1. The van der Waals surface area contributed by atoms with E-state index in [1.165, 1.54) is 0 Å². The summed E-state index contributed by atoms with van der Waals surface area (Å²) in [5, 5.41) is 0.443. The number of anilines is 1. The first-order valence-corrected chi connectivity index (χ1v) is 6.84. The maximum atomic E-state index is 12.3. The summed E-state index contributed by atoms with van der Waals surface area (Å²) in [5.41, 5.74) is 6.72. The minimum Gasteiger partial charge on any atom is -0.399 e. The van der Waals surface area contributed by atoms with Gasteiger partial charge < -0.3 is 15.4 Å². The Morgan fingerprint density at radius 3 is 2.84 bits per heavy atom. The van der Waals surface area contributed by atoms with Crippen molar-refractivity contribution in [2.75, 3.05) is 32.5 Å². The van der Waals surface area contributed by atoms with Gasteiger partial charge >= 0.3 is 0 Å². The van der Waals surface area contributed by atoms with E-state index < -0.39 is 0 Å². The molecular formula is C14H19ClN2O2. The van der Waals surface area contributed by atoms with Crippen LogP contribution in [0.25, 0.3) is 0 Å². The average Bonchev–Trinajstić information content (AvgIpc) is 2.42. The van der Waals surface area contributed by atoms with Crippen molar-refractivity contribution in [3.8, 4) is 0 Å². The Bertz CT molecular complexity index is 459. The van der Waals surface area contributed by atoms with Crippen LogP contribution < -0.4 is 5.73 Å². The van der Waals surface area contributed by atoms with Crippen LogP contribution in [0.4, 0.5) is 5.69 Å². The van der Waals surface area contributed by atoms with E-state index in [1.54, 1.807) is 30.1 Å². The molecule has 0 radical (unpaired) electrons. The molecule has 2 rings (SSSR count). The molecule has 1 saturated heterocycles. The van der Waals surface area contributed by atoms with E-state index in [0.717, 1.165) is 32.6 Å². The number of nitrogen functional groups attached to an aromatic ring is 1. The van der Waals surface area contributed by atoms with Crippen LogP contribution in [0, 0.1) is 5.92 Å². The highest BCUT2D eigenvalue weighted by Gasteiger charge is 2.21. The lowest BCUT2D eigenvalue weighted by atomic mass is 9.99. The maximum Gasteiger partial charge on any atom is 0.255 e. The van der Waals surface area contributed by atoms with Crippen molar-refractivity contribution in [2.45, 2.75) is 12.8 Å². The Morgan fingerprint density at radius 1 is 1.47 bits per heavy atom. The van der Waals surface area contributed by atoms with E-state index in [4.69, 9.17) is 22.1 Å². The van der Waals surface area contributed by atoms with E-state index in [0.29, 0.717) is 22.2 Å². The third-order valence-corrected chi connectivity index (χ3v) is 3.77. The smallest absolute Gasteiger partial charge is 0.255 e. The van der Waals surface area contributed by atoms with E-state index in [9.17, 15) is 4.79 Å². The summed E-state index contributed by atoms with van der Waals surface area (Å²) in [5.74, 6) is 0.423. The molecule has 0 aliphatic carbocycles. The largest absolute Gasteiger partial charge is 0.399 e. The maximum absolute atomic E-state index is 12.3. The summed E-state index contributed by atoms with van der Waals surface area (Å²) in [6.07, 6.45) is 2.00. The van der Waals surface area contributed by atoms with Gasteiger partial charge in [-0.3, -0.25) is 4.79 Å². The van der Waals surface area contributed by atoms with Gasteiger partial charge in [0.1, 0.15) is 0 Å². The number of hydrogen-bond donors (Lipinski definition) is 1. The normalized spacial score (nSPS) is 16.3. The fourth-order valence-corrected chi connectivity index (χ4v) is 2.51. The first kappa shape index (κ1) is 14.2. The number of halogens is 1. The van der Waals surface area contributed by atoms with Crippen LogP contribution in [0.2, 0.25) is 5.02 Å². The highest BCUT2D eigenvalue weighted by atomic mass is 35.5. The predicted molar refractivity (Wildman–Crippen MR) is 76.4 cm³/mol. The number of ether oxygens (including phenoxy) is 1. The zero-order valence-electron chi connectivity index (χ0n) is 11.1. The van der Waals surface area contributed by atoms with Crippen molar-refractivity contribution in [2.24, 2.45) is 5.92 Å². The Hall–Kier alpha value is -1.26. The number of nitrogens with zero attached hydrogens (tertiary/aromatic N) is 1. The number of carbonyl (C=O) groups is 1. The minimum atomic E-state index is -0.0798. The molecule has 1 fully saturated rings. The van der Waals surface area contributed by atoms with Gasteiger partial charge in [-0.1, -0.05) is 11.6 Å². The average molecular weight is 283 g/mol. The summed E-state index contributed by atoms with van der Waals surface area (Å²) >= 11 is 6.05. The second kappa shape index (κ2) is 6.26. The molecule has 1 aliphatic heterocycles. The Balaban J connectivity index is 2.03. The van der Waals surface area contributed by atoms with E-state index in [1.807, 2.05) is 0 Å². The first-order chi connectivity index (χ1) is 9.08. The lowest BCUT2D eigenvalue weighted by Crippen LogP contribution is -2.34. The summed E-state index contributed by atoms with van der Waals surface area (Å²) in [4.78, 5) is 14.1. The molecule has 0 atom stereocenters. The van der Waals surface area contributed by atoms with E-state index >= 15 is 0 Å². The van der Waals surface area contributed by atoms with Gasteiger partial charge in [0.2, 0.25) is 0 Å². The van der Waals surface area contributed by atoms with Gasteiger partial charge in [0, 0.05) is 32.5 Å². The topological polar surface area (TPSA) is 55.6 Å². The Labute approximate surface area is 118 Å². The van der Waals surface area contributed by atoms with Crippen LogP contribution in [0.5, 0.6) is 0 Å². The van der Waals surface area contributed by atoms with Crippen molar-refractivity contribution >= 4 is 23.2 Å². The van der Waals surface area contributed by atoms with Crippen molar-refractivity contribution in [1.29, 1.82) is 0 Å². The van der Waals surface area contributed by atoms with E-state index in [2.05, 4.69) is 0 Å². The molecule has 1 aromatic rings. The van der Waals surface area contributed by atoms with Gasteiger partial charge in [0.25, 0.3) is 5.91 Å². The molecule has 1 heterocycles. The van der Waals surface area contributed by atoms with Gasteiger partial charge in [-0.05, 0) is 37.0 Å². The first-order valence-electron chi connectivity index (χ1n) is 6.46. The van der Waals surface area contributed by atoms with Crippen LogP contribution >= 0.6 is 11.6 Å². The van der Waals surface area contributed by atoms with Crippen molar-refractivity contribution in [3.05, 3.63) is 28.8 Å². The van der Waals surface area contributed by atoms with Crippen LogP contribution in [0.1, 0.15) is 23.2 Å². The van der Waals surface area contributed by atoms with Gasteiger partial charge in [-0.15, -0.1) is 0 Å². The lowest BCUT2D eigenvalue weighted by Gasteiger charge is -2.27. The molecular weight excluding hydrogens is 264 g/mol. The third kappa shape index (κ3) is 3.61. The second-order valence-corrected chi connectivity index (χ2v) is 5.39. The van der Waals surface area contributed by atoms with Crippen LogP contribution in [0.15, 0.2) is 18.2 Å². The molecule has 5 heteroatoms. The van der Waals surface area contributed by atoms with Gasteiger partial charge in [0.05, 0.1) is 10.6 Å². The Morgan fingerprint density at radius 2 is 2.16 bits per heavy atom. The fourth-order valence-electron chi connectivity index (χ4n) is 2.31. The summed E-state index contributed by atoms with van der Waals surface area (Å²) in [7, 11) is 1.80. The lowest BCUT2D eigenvalue weighted by molar-refractivity contribution is 0.0497. The molecule has 0 aromatic heterocycles. The summed E-state index contributed by atoms with van der Waals surface area (Å²) in [6, 6.07) is 4.98. The van der Waals surface area contributed by atoms with Crippen LogP contribution in [0.3, 0.4) is 0 Å². The SMILES string of the molecule is CN(CC1CCOCC1)C(=O)c1cc(N)ccc1Cl. The summed E-state index contributed by atoms with van der Waals surface area (Å²) in [6.45, 7) is 2.30. The molecule has 1 aliphatic rings. The van der Waals surface area contributed by atoms with Gasteiger partial charge in [-0.25, -0.2) is 0 Å². The predicted octanol–water partition coefficient (Wildman–Crippen LogP) is 2.42. The summed E-state index contributed by atoms with van der Waals surface area (Å²) < 4.78 is 5.32. The standard InChI is InChI=1S/C14H19ClN2O2/c1-17(9-10-4-6-19-7-5-10)14(18)12-8-11(16)2-3-13(12)15/h2-3,8,10H,4-7,9,16H2,1H3. The van der Waals surface area contributed by atoms with Crippen LogP contribution in [-0.2, 0) is 4.74 Å². The number of rotatable bonds is 3. The highest BCUT2D eigenvalue weighted by molar-refractivity contribution is 6.33. The number of hydrogen-bond acceptors (Lipinski definition) is 3. The zero-order chi connectivity index (χ0) is 13.8. The molecule has 0 saturated carbocycles. The quantitative estimate of drug-likeness (QED) is 0.866. The second-order valence-electron chi connectivity index (χ2n) is 4.98. The fraction of sp³-hybridized carbons (Fsp3) is 0.500. The molecule has 0 unspecified atom stereocenters. The zero-order valence-corrected chi connectivity index (χ0v) is 11.8. The van der Waals surface area contributed by atoms with Gasteiger partial charge in [-0.2, -0.15) is 0 Å². The molecule has 0 bridgehead atoms. The van der Waals surface area contributed by atoms with E-state index in [-0.39, 0.29) is 5.91 Å². The van der Waals surface area contributed by atoms with Gasteiger partial charge in [0.15, 0.2) is 0 Å². The van der Waals surface area contributed by atoms with Crippen molar-refractivity contribution in [1.82, 2.24) is 4.90 Å². The molecule has 104 valence electrons. The Kier molecular flexibility index (Phi) is 4.66. The minimum absolute atomic E-state index is 0.0798. The van der Waals surface area contributed by atoms with Crippen LogP contribution in [-0.4, -0.2) is 37.6 Å². The monoisotopic (exact) mass is 282 g/mol. The number of nitrogens with two attached hydrogens (primary N) is 1.